The second kappa shape index (κ2) is 4.33. The van der Waals surface area contributed by atoms with E-state index in [-0.39, 0.29) is 6.10 Å². The first-order chi connectivity index (χ1) is 6.13. The molecule has 0 saturated heterocycles. The number of hydrogen-bond donors (Lipinski definition) is 0. The van der Waals surface area contributed by atoms with E-state index in [1.54, 1.807) is 7.11 Å². The van der Waals surface area contributed by atoms with Gasteiger partial charge in [-0.05, 0) is 18.6 Å². The van der Waals surface area contributed by atoms with E-state index in [1.165, 1.54) is 12.1 Å². The maximum atomic E-state index is 13.1. The van der Waals surface area contributed by atoms with Crippen molar-refractivity contribution in [2.75, 3.05) is 7.11 Å². The summed E-state index contributed by atoms with van der Waals surface area (Å²) in [5, 5.41) is 0. The third-order valence-corrected chi connectivity index (χ3v) is 1.92. The van der Waals surface area contributed by atoms with E-state index < -0.39 is 11.6 Å². The van der Waals surface area contributed by atoms with Crippen molar-refractivity contribution in [2.24, 2.45) is 0 Å². The zero-order chi connectivity index (χ0) is 9.84. The van der Waals surface area contributed by atoms with Crippen molar-refractivity contribution >= 4 is 0 Å². The molecule has 3 heteroatoms. The summed E-state index contributed by atoms with van der Waals surface area (Å²) in [6.07, 6.45) is 0.405. The molecule has 0 aromatic heterocycles. The predicted octanol–water partition coefficient (Wildman–Crippen LogP) is 2.54. The van der Waals surface area contributed by atoms with Gasteiger partial charge in [0.1, 0.15) is 11.6 Å². The number of rotatable bonds is 3. The molecule has 13 heavy (non-hydrogen) atoms. The van der Waals surface area contributed by atoms with Gasteiger partial charge in [-0.25, -0.2) is 8.78 Å². The molecule has 0 aliphatic heterocycles. The molecular weight excluding hydrogens is 174 g/mol. The lowest BCUT2D eigenvalue weighted by Crippen LogP contribution is -2.09. The van der Waals surface area contributed by atoms with E-state index >= 15 is 0 Å². The Labute approximate surface area is 76.3 Å². The minimum atomic E-state index is -0.550. The molecule has 0 fully saturated rings. The fourth-order valence-electron chi connectivity index (χ4n) is 1.08. The quantitative estimate of drug-likeness (QED) is 0.704. The van der Waals surface area contributed by atoms with Crippen molar-refractivity contribution in [3.8, 4) is 0 Å². The molecule has 0 bridgehead atoms. The molecule has 0 aliphatic rings. The van der Waals surface area contributed by atoms with Gasteiger partial charge in [-0.2, -0.15) is 0 Å². The second-order valence-corrected chi connectivity index (χ2v) is 2.99. The molecule has 0 amide bonds. The lowest BCUT2D eigenvalue weighted by molar-refractivity contribution is 0.118. The van der Waals surface area contributed by atoms with Crippen LogP contribution in [0.15, 0.2) is 18.2 Å². The van der Waals surface area contributed by atoms with Crippen molar-refractivity contribution < 1.29 is 13.5 Å². The second-order valence-electron chi connectivity index (χ2n) is 2.99. The van der Waals surface area contributed by atoms with Crippen LogP contribution in [0.2, 0.25) is 0 Å². The summed E-state index contributed by atoms with van der Waals surface area (Å²) in [6.45, 7) is 1.84. The van der Waals surface area contributed by atoms with Crippen molar-refractivity contribution in [3.05, 3.63) is 35.4 Å². The fourth-order valence-corrected chi connectivity index (χ4v) is 1.08. The van der Waals surface area contributed by atoms with Crippen molar-refractivity contribution in [1.82, 2.24) is 0 Å². The highest BCUT2D eigenvalue weighted by atomic mass is 19.1. The summed E-state index contributed by atoms with van der Waals surface area (Å²) < 4.78 is 30.5. The lowest BCUT2D eigenvalue weighted by Gasteiger charge is -2.09. The monoisotopic (exact) mass is 186 g/mol. The summed E-state index contributed by atoms with van der Waals surface area (Å²) in [6, 6.07) is 3.58. The number of halogens is 2. The van der Waals surface area contributed by atoms with Gasteiger partial charge in [-0.3, -0.25) is 0 Å². The average Bonchev–Trinajstić information content (AvgIpc) is 2.09. The Morgan fingerprint density at radius 1 is 1.38 bits per heavy atom. The van der Waals surface area contributed by atoms with Gasteiger partial charge in [0.2, 0.25) is 0 Å². The van der Waals surface area contributed by atoms with Crippen LogP contribution in [0.1, 0.15) is 12.5 Å². The summed E-state index contributed by atoms with van der Waals surface area (Å²) in [5.41, 5.74) is 0.482. The largest absolute Gasteiger partial charge is 0.381 e. The average molecular weight is 186 g/mol. The highest BCUT2D eigenvalue weighted by molar-refractivity contribution is 5.19. The molecule has 1 nitrogen and oxygen atoms in total. The Bertz CT molecular complexity index is 286. The molecule has 0 aliphatic carbocycles. The van der Waals surface area contributed by atoms with Crippen LogP contribution in [0.25, 0.3) is 0 Å². The molecule has 1 atom stereocenters. The first kappa shape index (κ1) is 10.1. The normalized spacial score (nSPS) is 12.9. The van der Waals surface area contributed by atoms with E-state index in [0.717, 1.165) is 6.07 Å². The molecule has 0 heterocycles. The molecule has 1 aromatic carbocycles. The third kappa shape index (κ3) is 2.77. The Kier molecular flexibility index (Phi) is 3.37. The van der Waals surface area contributed by atoms with Gasteiger partial charge in [0, 0.05) is 19.6 Å². The predicted molar refractivity (Wildman–Crippen MR) is 46.5 cm³/mol. The SMILES string of the molecule is COC(C)Cc1ccc(F)cc1F. The van der Waals surface area contributed by atoms with Crippen LogP contribution in [0.4, 0.5) is 8.78 Å². The number of benzene rings is 1. The summed E-state index contributed by atoms with van der Waals surface area (Å²) in [7, 11) is 1.56. The Balaban J connectivity index is 2.77. The van der Waals surface area contributed by atoms with Gasteiger partial charge in [0.05, 0.1) is 6.10 Å². The van der Waals surface area contributed by atoms with Crippen LogP contribution in [0, 0.1) is 11.6 Å². The van der Waals surface area contributed by atoms with Crippen molar-refractivity contribution in [1.29, 1.82) is 0 Å². The lowest BCUT2D eigenvalue weighted by atomic mass is 10.1. The standard InChI is InChI=1S/C10H12F2O/c1-7(13-2)5-8-3-4-9(11)6-10(8)12/h3-4,6-7H,5H2,1-2H3. The van der Waals surface area contributed by atoms with Gasteiger partial charge in [0.15, 0.2) is 0 Å². The maximum Gasteiger partial charge on any atom is 0.129 e. The molecule has 0 N–H and O–H groups in total. The van der Waals surface area contributed by atoms with Gasteiger partial charge in [0.25, 0.3) is 0 Å². The number of ether oxygens (including phenoxy) is 1. The first-order valence-electron chi connectivity index (χ1n) is 4.10. The molecule has 1 rings (SSSR count). The van der Waals surface area contributed by atoms with E-state index in [1.807, 2.05) is 6.92 Å². The molecule has 0 radical (unpaired) electrons. The molecule has 1 aromatic rings. The summed E-state index contributed by atoms with van der Waals surface area (Å²) in [4.78, 5) is 0. The number of methoxy groups -OCH3 is 1. The molecule has 0 spiro atoms. The fraction of sp³-hybridized carbons (Fsp3) is 0.400. The van der Waals surface area contributed by atoms with Crippen molar-refractivity contribution in [3.63, 3.8) is 0 Å². The van der Waals surface area contributed by atoms with E-state index in [4.69, 9.17) is 4.74 Å². The highest BCUT2D eigenvalue weighted by Crippen LogP contribution is 2.12. The van der Waals surface area contributed by atoms with E-state index in [0.29, 0.717) is 12.0 Å². The number of hydrogen-bond acceptors (Lipinski definition) is 1. The van der Waals surface area contributed by atoms with Crippen LogP contribution >= 0.6 is 0 Å². The Hall–Kier alpha value is -0.960. The molecular formula is C10H12F2O. The van der Waals surface area contributed by atoms with Crippen LogP contribution in [0.5, 0.6) is 0 Å². The third-order valence-electron chi connectivity index (χ3n) is 1.92. The summed E-state index contributed by atoms with van der Waals surface area (Å²) in [5.74, 6) is -1.06. The molecule has 1 unspecified atom stereocenters. The highest BCUT2D eigenvalue weighted by Gasteiger charge is 2.07. The smallest absolute Gasteiger partial charge is 0.129 e. The Morgan fingerprint density at radius 2 is 2.08 bits per heavy atom. The first-order valence-corrected chi connectivity index (χ1v) is 4.10. The van der Waals surface area contributed by atoms with Crippen LogP contribution < -0.4 is 0 Å². The zero-order valence-corrected chi connectivity index (χ0v) is 7.68. The van der Waals surface area contributed by atoms with Gasteiger partial charge in [-0.1, -0.05) is 6.07 Å². The van der Waals surface area contributed by atoms with Crippen LogP contribution in [-0.4, -0.2) is 13.2 Å². The maximum absolute atomic E-state index is 13.1. The van der Waals surface area contributed by atoms with Gasteiger partial charge < -0.3 is 4.74 Å². The zero-order valence-electron chi connectivity index (χ0n) is 7.68. The minimum absolute atomic E-state index is 0.0556. The van der Waals surface area contributed by atoms with Gasteiger partial charge in [-0.15, -0.1) is 0 Å². The van der Waals surface area contributed by atoms with Crippen molar-refractivity contribution in [2.45, 2.75) is 19.4 Å². The van der Waals surface area contributed by atoms with E-state index in [2.05, 4.69) is 0 Å². The molecule has 0 saturated carbocycles. The van der Waals surface area contributed by atoms with Gasteiger partial charge >= 0.3 is 0 Å². The topological polar surface area (TPSA) is 9.23 Å². The minimum Gasteiger partial charge on any atom is -0.381 e. The van der Waals surface area contributed by atoms with E-state index in [9.17, 15) is 8.78 Å². The molecule has 72 valence electrons. The van der Waals surface area contributed by atoms with Crippen LogP contribution in [-0.2, 0) is 11.2 Å². The summed E-state index contributed by atoms with van der Waals surface area (Å²) >= 11 is 0. The Morgan fingerprint density at radius 3 is 2.62 bits per heavy atom. The van der Waals surface area contributed by atoms with Crippen LogP contribution in [0.3, 0.4) is 0 Å².